The zero-order valence-corrected chi connectivity index (χ0v) is 63.0. The summed E-state index contributed by atoms with van der Waals surface area (Å²) in [6.45, 7) is 2.79. The van der Waals surface area contributed by atoms with Crippen molar-refractivity contribution in [3.63, 3.8) is 0 Å². The third-order valence-corrected chi connectivity index (χ3v) is 19.6. The molecule has 2 saturated heterocycles. The number of carbonyl (C=O) groups is 1. The Morgan fingerprint density at radius 2 is 0.697 bits per heavy atom. The first-order chi connectivity index (χ1) is 48.6. The van der Waals surface area contributed by atoms with Gasteiger partial charge in [0, 0.05) is 6.42 Å². The predicted molar refractivity (Wildman–Crippen MR) is 410 cm³/mol. The Hall–Kier alpha value is -3.09. The summed E-state index contributed by atoms with van der Waals surface area (Å²) in [4.78, 5) is 13.4. The van der Waals surface area contributed by atoms with Gasteiger partial charge in [-0.3, -0.25) is 4.79 Å². The first-order valence-electron chi connectivity index (χ1n) is 41.0. The molecule has 0 bridgehead atoms. The maximum atomic E-state index is 13.4. The molecule has 2 heterocycles. The molecule has 12 unspecified atom stereocenters. The molecule has 0 aromatic rings. The van der Waals surface area contributed by atoms with Crippen LogP contribution in [0.25, 0.3) is 0 Å². The van der Waals surface area contributed by atoms with Crippen LogP contribution in [-0.4, -0.2) is 140 Å². The first-order valence-corrected chi connectivity index (χ1v) is 41.0. The fourth-order valence-corrected chi connectivity index (χ4v) is 13.1. The first kappa shape index (κ1) is 92.0. The van der Waals surface area contributed by atoms with Crippen molar-refractivity contribution in [3.8, 4) is 0 Å². The average Bonchev–Trinajstić information content (AvgIpc) is 0.794. The zero-order valence-electron chi connectivity index (χ0n) is 63.0. The van der Waals surface area contributed by atoms with Crippen LogP contribution in [0.3, 0.4) is 0 Å². The standard InChI is InChI=1S/C85H151NO13/c1-3-5-7-9-11-13-15-17-19-21-23-25-27-29-31-32-33-34-35-36-37-38-39-40-41-42-43-45-47-49-51-53-55-57-59-61-63-65-67-69-77(90)86-73(72-96-84-82(95)80(93)83(76(71-88)98-84)99-85-81(94)79(92)78(91)75(70-87)97-85)74(89)68-66-64-62-60-58-56-54-52-50-48-46-44-30-28-26-24-22-20-18-16-14-12-10-8-6-4-2/h5,7,11,13,17,19,23,25,29,31,33-34,36-37,39-40,73-76,78-85,87-89,91-95H,3-4,6,8-10,12,14-16,18,20-22,24,26-28,30,32,35,38,41-72H2,1-2H3,(H,86,90)/b7-5-,13-11-,19-17-,25-23-,31-29-,34-33-,37-36-,40-39-. The van der Waals surface area contributed by atoms with Crippen LogP contribution in [0.15, 0.2) is 97.2 Å². The Morgan fingerprint density at radius 3 is 1.07 bits per heavy atom. The SMILES string of the molecule is CC/C=C\C/C=C\C/C=C\C/C=C\C/C=C\C/C=C\C/C=C\C/C=C\CCCCCCCCCCCCCCCCC(=O)NC(COC1OC(CO)C(OC2OC(CO)C(O)C(O)C2O)C(O)C1O)C(O)CCCCCCCCCCCCCCCCCCCCCCCCCCCC. The highest BCUT2D eigenvalue weighted by Crippen LogP contribution is 2.30. The summed E-state index contributed by atoms with van der Waals surface area (Å²) in [5.74, 6) is -0.205. The third kappa shape index (κ3) is 50.9. The minimum absolute atomic E-state index is 0.205. The summed E-state index contributed by atoms with van der Waals surface area (Å²) >= 11 is 0. The van der Waals surface area contributed by atoms with Gasteiger partial charge in [-0.15, -0.1) is 0 Å². The van der Waals surface area contributed by atoms with E-state index in [1.807, 2.05) is 0 Å². The van der Waals surface area contributed by atoms with Gasteiger partial charge in [0.05, 0.1) is 32.0 Å². The summed E-state index contributed by atoms with van der Waals surface area (Å²) in [7, 11) is 0. The minimum atomic E-state index is -1.79. The van der Waals surface area contributed by atoms with E-state index in [-0.39, 0.29) is 12.5 Å². The van der Waals surface area contributed by atoms with E-state index in [1.165, 1.54) is 212 Å². The number of rotatable bonds is 68. The maximum Gasteiger partial charge on any atom is 0.220 e. The molecule has 0 spiro atoms. The van der Waals surface area contributed by atoms with Crippen LogP contribution in [0.4, 0.5) is 0 Å². The predicted octanol–water partition coefficient (Wildman–Crippen LogP) is 18.9. The molecule has 1 amide bonds. The second-order valence-electron chi connectivity index (χ2n) is 28.5. The smallest absolute Gasteiger partial charge is 0.220 e. The van der Waals surface area contributed by atoms with Gasteiger partial charge < -0.3 is 65.1 Å². The summed E-state index contributed by atoms with van der Waals surface area (Å²) in [6, 6.07) is -0.836. The lowest BCUT2D eigenvalue weighted by Crippen LogP contribution is -2.65. The number of unbranched alkanes of at least 4 members (excludes halogenated alkanes) is 39. The van der Waals surface area contributed by atoms with Crippen molar-refractivity contribution in [2.75, 3.05) is 19.8 Å². The van der Waals surface area contributed by atoms with Crippen LogP contribution in [-0.2, 0) is 23.7 Å². The van der Waals surface area contributed by atoms with Crippen molar-refractivity contribution in [1.29, 1.82) is 0 Å². The average molecular weight is 1400 g/mol. The van der Waals surface area contributed by atoms with Crippen LogP contribution in [0.2, 0.25) is 0 Å². The summed E-state index contributed by atoms with van der Waals surface area (Å²) < 4.78 is 23.0. The molecule has 2 aliphatic heterocycles. The van der Waals surface area contributed by atoms with Crippen molar-refractivity contribution >= 4 is 5.91 Å². The van der Waals surface area contributed by atoms with Crippen LogP contribution in [0.5, 0.6) is 0 Å². The maximum absolute atomic E-state index is 13.4. The number of aliphatic hydroxyl groups excluding tert-OH is 8. The highest BCUT2D eigenvalue weighted by Gasteiger charge is 2.51. The van der Waals surface area contributed by atoms with Crippen molar-refractivity contribution in [3.05, 3.63) is 97.2 Å². The van der Waals surface area contributed by atoms with E-state index in [4.69, 9.17) is 18.9 Å². The van der Waals surface area contributed by atoms with Gasteiger partial charge in [-0.1, -0.05) is 355 Å². The van der Waals surface area contributed by atoms with Gasteiger partial charge in [-0.2, -0.15) is 0 Å². The summed E-state index contributed by atoms with van der Waals surface area (Å²) in [5.41, 5.74) is 0. The molecular formula is C85H151NO13. The molecule has 12 atom stereocenters. The molecule has 14 heteroatoms. The van der Waals surface area contributed by atoms with E-state index >= 15 is 0 Å². The van der Waals surface area contributed by atoms with Crippen molar-refractivity contribution in [2.45, 2.75) is 415 Å². The Morgan fingerprint density at radius 1 is 0.374 bits per heavy atom. The molecule has 2 rings (SSSR count). The van der Waals surface area contributed by atoms with Gasteiger partial charge in [0.15, 0.2) is 12.6 Å². The Balaban J connectivity index is 1.60. The molecule has 99 heavy (non-hydrogen) atoms. The number of nitrogens with one attached hydrogen (secondary N) is 1. The number of hydrogen-bond donors (Lipinski definition) is 9. The molecular weight excluding hydrogens is 1240 g/mol. The lowest BCUT2D eigenvalue weighted by molar-refractivity contribution is -0.359. The summed E-state index contributed by atoms with van der Waals surface area (Å²) in [6.07, 6.45) is 80.1. The van der Waals surface area contributed by atoms with Gasteiger partial charge in [0.2, 0.25) is 5.91 Å². The van der Waals surface area contributed by atoms with Crippen LogP contribution in [0.1, 0.15) is 341 Å². The fraction of sp³-hybridized carbons (Fsp3) is 0.800. The molecule has 0 radical (unpaired) electrons. The summed E-state index contributed by atoms with van der Waals surface area (Å²) in [5, 5.41) is 87.9. The molecule has 574 valence electrons. The van der Waals surface area contributed by atoms with Crippen molar-refractivity contribution in [2.24, 2.45) is 0 Å². The molecule has 0 aliphatic carbocycles. The van der Waals surface area contributed by atoms with E-state index in [9.17, 15) is 45.6 Å². The highest BCUT2D eigenvalue weighted by atomic mass is 16.7. The number of hydrogen-bond acceptors (Lipinski definition) is 13. The molecule has 9 N–H and O–H groups in total. The van der Waals surface area contributed by atoms with Gasteiger partial charge in [-0.25, -0.2) is 0 Å². The molecule has 0 aromatic carbocycles. The minimum Gasteiger partial charge on any atom is -0.394 e. The van der Waals surface area contributed by atoms with E-state index in [0.29, 0.717) is 12.8 Å². The van der Waals surface area contributed by atoms with Crippen LogP contribution >= 0.6 is 0 Å². The second-order valence-corrected chi connectivity index (χ2v) is 28.5. The Kier molecular flexibility index (Phi) is 63.2. The third-order valence-electron chi connectivity index (χ3n) is 19.6. The van der Waals surface area contributed by atoms with Crippen LogP contribution in [0, 0.1) is 0 Å². The van der Waals surface area contributed by atoms with Gasteiger partial charge in [-0.05, 0) is 77.0 Å². The molecule has 14 nitrogen and oxygen atoms in total. The molecule has 0 saturated carbocycles. The van der Waals surface area contributed by atoms with Crippen molar-refractivity contribution in [1.82, 2.24) is 5.32 Å². The van der Waals surface area contributed by atoms with E-state index < -0.39 is 86.8 Å². The Labute approximate surface area is 604 Å². The Bertz CT molecular complexity index is 2040. The highest BCUT2D eigenvalue weighted by molar-refractivity contribution is 5.76. The lowest BCUT2D eigenvalue weighted by Gasteiger charge is -2.46. The largest absolute Gasteiger partial charge is 0.394 e. The number of ether oxygens (including phenoxy) is 4. The zero-order chi connectivity index (χ0) is 71.5. The number of allylic oxidation sites excluding steroid dienone is 16. The number of carbonyl (C=O) groups excluding carboxylic acids is 1. The van der Waals surface area contributed by atoms with E-state index in [0.717, 1.165) is 103 Å². The monoisotopic (exact) mass is 1390 g/mol. The number of aliphatic hydroxyl groups is 8. The number of amides is 1. The van der Waals surface area contributed by atoms with E-state index in [1.54, 1.807) is 0 Å². The van der Waals surface area contributed by atoms with Crippen LogP contribution < -0.4 is 5.32 Å². The van der Waals surface area contributed by atoms with Crippen molar-refractivity contribution < 1.29 is 64.6 Å². The van der Waals surface area contributed by atoms with E-state index in [2.05, 4.69) is 116 Å². The topological polar surface area (TPSA) is 228 Å². The fourth-order valence-electron chi connectivity index (χ4n) is 13.1. The molecule has 2 aliphatic rings. The molecule has 0 aromatic heterocycles. The van der Waals surface area contributed by atoms with Gasteiger partial charge >= 0.3 is 0 Å². The second kappa shape index (κ2) is 68.0. The molecule has 2 fully saturated rings. The quantitative estimate of drug-likeness (QED) is 0.0204. The van der Waals surface area contributed by atoms with Gasteiger partial charge in [0.1, 0.15) is 48.8 Å². The van der Waals surface area contributed by atoms with Gasteiger partial charge in [0.25, 0.3) is 0 Å². The lowest BCUT2D eigenvalue weighted by atomic mass is 9.97. The normalized spacial score (nSPS) is 22.4.